The van der Waals surface area contributed by atoms with Crippen molar-refractivity contribution in [2.75, 3.05) is 27.2 Å². The van der Waals surface area contributed by atoms with Crippen LogP contribution in [0.1, 0.15) is 22.6 Å². The van der Waals surface area contributed by atoms with Crippen molar-refractivity contribution in [1.29, 1.82) is 0 Å². The number of hydrogen-bond donors (Lipinski definition) is 2. The van der Waals surface area contributed by atoms with Crippen molar-refractivity contribution < 1.29 is 4.74 Å². The number of nitrogens with one attached hydrogen (secondary N) is 2. The molecule has 1 aliphatic rings. The quantitative estimate of drug-likeness (QED) is 0.402. The summed E-state index contributed by atoms with van der Waals surface area (Å²) in [5.41, 5.74) is 4.15. The van der Waals surface area contributed by atoms with Crippen molar-refractivity contribution in [3.8, 4) is 5.75 Å². The van der Waals surface area contributed by atoms with Gasteiger partial charge in [0, 0.05) is 26.1 Å². The van der Waals surface area contributed by atoms with Gasteiger partial charge >= 0.3 is 0 Å². The summed E-state index contributed by atoms with van der Waals surface area (Å²) in [6.07, 6.45) is 2.05. The van der Waals surface area contributed by atoms with Crippen molar-refractivity contribution >= 4 is 29.9 Å². The Bertz CT molecular complexity index is 718. The van der Waals surface area contributed by atoms with Gasteiger partial charge in [-0.05, 0) is 35.6 Å². The highest BCUT2D eigenvalue weighted by Gasteiger charge is 2.25. The lowest BCUT2D eigenvalue weighted by Crippen LogP contribution is -2.41. The first-order valence-corrected chi connectivity index (χ1v) is 8.46. The highest BCUT2D eigenvalue weighted by atomic mass is 127. The van der Waals surface area contributed by atoms with Gasteiger partial charge in [0.15, 0.2) is 5.96 Å². The van der Waals surface area contributed by atoms with E-state index in [0.717, 1.165) is 37.6 Å². The van der Waals surface area contributed by atoms with Gasteiger partial charge < -0.3 is 15.4 Å². The van der Waals surface area contributed by atoms with Crippen molar-refractivity contribution in [3.05, 3.63) is 65.2 Å². The molecule has 25 heavy (non-hydrogen) atoms. The van der Waals surface area contributed by atoms with E-state index in [9.17, 15) is 0 Å². The Morgan fingerprint density at radius 1 is 1.12 bits per heavy atom. The molecule has 5 heteroatoms. The SMILES string of the molecule is CN=C(NCCc1ccccc1OC)NCC1Cc2ccccc21.I. The molecule has 0 amide bonds. The van der Waals surface area contributed by atoms with E-state index in [0.29, 0.717) is 5.92 Å². The Kier molecular flexibility index (Phi) is 7.55. The number of aliphatic imine (C=N–C) groups is 1. The smallest absolute Gasteiger partial charge is 0.191 e. The normalized spacial score (nSPS) is 15.4. The zero-order valence-corrected chi connectivity index (χ0v) is 17.1. The molecule has 2 N–H and O–H groups in total. The zero-order valence-electron chi connectivity index (χ0n) is 14.8. The molecule has 0 radical (unpaired) electrons. The summed E-state index contributed by atoms with van der Waals surface area (Å²) >= 11 is 0. The molecule has 0 bridgehead atoms. The Labute approximate surface area is 167 Å². The van der Waals surface area contributed by atoms with Crippen LogP contribution >= 0.6 is 24.0 Å². The molecule has 1 aliphatic carbocycles. The largest absolute Gasteiger partial charge is 0.496 e. The lowest BCUT2D eigenvalue weighted by atomic mass is 9.78. The Morgan fingerprint density at radius 2 is 1.88 bits per heavy atom. The maximum absolute atomic E-state index is 5.39. The molecule has 0 fully saturated rings. The van der Waals surface area contributed by atoms with Gasteiger partial charge in [-0.2, -0.15) is 0 Å². The highest BCUT2D eigenvalue weighted by molar-refractivity contribution is 14.0. The number of hydrogen-bond acceptors (Lipinski definition) is 2. The summed E-state index contributed by atoms with van der Waals surface area (Å²) in [6.45, 7) is 1.74. The zero-order chi connectivity index (χ0) is 16.8. The van der Waals surface area contributed by atoms with Crippen LogP contribution in [0, 0.1) is 0 Å². The number of rotatable bonds is 6. The van der Waals surface area contributed by atoms with Crippen molar-refractivity contribution in [2.45, 2.75) is 18.8 Å². The summed E-state index contributed by atoms with van der Waals surface area (Å²) in [4.78, 5) is 4.31. The minimum Gasteiger partial charge on any atom is -0.496 e. The van der Waals surface area contributed by atoms with Crippen molar-refractivity contribution in [3.63, 3.8) is 0 Å². The second kappa shape index (κ2) is 9.65. The lowest BCUT2D eigenvalue weighted by Gasteiger charge is -2.30. The third-order valence-electron chi connectivity index (χ3n) is 4.58. The minimum atomic E-state index is 0. The van der Waals surface area contributed by atoms with E-state index in [4.69, 9.17) is 4.74 Å². The average Bonchev–Trinajstić information content (AvgIpc) is 2.61. The standard InChI is InChI=1S/C20H25N3O.HI/c1-21-20(22-12-11-15-7-4-6-10-19(15)24-2)23-14-17-13-16-8-3-5-9-18(16)17;/h3-10,17H,11-14H2,1-2H3,(H2,21,22,23);1H. The van der Waals surface area contributed by atoms with E-state index in [1.807, 2.05) is 25.2 Å². The summed E-state index contributed by atoms with van der Waals surface area (Å²) in [5.74, 6) is 2.39. The molecule has 2 aromatic carbocycles. The van der Waals surface area contributed by atoms with Gasteiger partial charge in [0.25, 0.3) is 0 Å². The molecule has 0 spiro atoms. The fourth-order valence-corrected chi connectivity index (χ4v) is 3.21. The molecule has 134 valence electrons. The summed E-state index contributed by atoms with van der Waals surface area (Å²) in [7, 11) is 3.52. The number of fused-ring (bicyclic) bond motifs is 1. The highest BCUT2D eigenvalue weighted by Crippen LogP contribution is 2.33. The first-order valence-electron chi connectivity index (χ1n) is 8.46. The van der Waals surface area contributed by atoms with E-state index in [2.05, 4.69) is 46.0 Å². The fourth-order valence-electron chi connectivity index (χ4n) is 3.21. The first kappa shape index (κ1) is 19.6. The summed E-state index contributed by atoms with van der Waals surface area (Å²) in [6, 6.07) is 16.8. The van der Waals surface area contributed by atoms with Gasteiger partial charge in [-0.3, -0.25) is 4.99 Å². The molecular formula is C20H26IN3O. The minimum absolute atomic E-state index is 0. The van der Waals surface area contributed by atoms with Crippen molar-refractivity contribution in [1.82, 2.24) is 10.6 Å². The van der Waals surface area contributed by atoms with E-state index >= 15 is 0 Å². The first-order chi connectivity index (χ1) is 11.8. The number of halogens is 1. The fraction of sp³-hybridized carbons (Fsp3) is 0.350. The van der Waals surface area contributed by atoms with Crippen LogP contribution in [0.2, 0.25) is 0 Å². The number of benzene rings is 2. The maximum Gasteiger partial charge on any atom is 0.191 e. The third kappa shape index (κ3) is 4.87. The van der Waals surface area contributed by atoms with Crippen LogP contribution in [0.4, 0.5) is 0 Å². The average molecular weight is 451 g/mol. The van der Waals surface area contributed by atoms with Crippen molar-refractivity contribution in [2.24, 2.45) is 4.99 Å². The molecule has 1 unspecified atom stereocenters. The molecule has 1 atom stereocenters. The van der Waals surface area contributed by atoms with E-state index in [1.165, 1.54) is 16.7 Å². The summed E-state index contributed by atoms with van der Waals surface area (Å²) in [5, 5.41) is 6.81. The predicted octanol–water partition coefficient (Wildman–Crippen LogP) is 3.36. The van der Waals surface area contributed by atoms with Gasteiger partial charge in [-0.15, -0.1) is 24.0 Å². The molecule has 0 aromatic heterocycles. The second-order valence-electron chi connectivity index (χ2n) is 6.04. The Balaban J connectivity index is 0.00000225. The topological polar surface area (TPSA) is 45.7 Å². The van der Waals surface area contributed by atoms with Gasteiger partial charge in [0.1, 0.15) is 5.75 Å². The molecule has 0 saturated carbocycles. The summed E-state index contributed by atoms with van der Waals surface area (Å²) < 4.78 is 5.39. The lowest BCUT2D eigenvalue weighted by molar-refractivity contribution is 0.409. The van der Waals surface area contributed by atoms with Crippen LogP contribution in [-0.2, 0) is 12.8 Å². The molecule has 4 nitrogen and oxygen atoms in total. The number of nitrogens with zero attached hydrogens (tertiary/aromatic N) is 1. The Hall–Kier alpha value is -1.76. The van der Waals surface area contributed by atoms with Gasteiger partial charge in [0.2, 0.25) is 0 Å². The molecule has 2 aromatic rings. The van der Waals surface area contributed by atoms with Crippen LogP contribution in [0.3, 0.4) is 0 Å². The van der Waals surface area contributed by atoms with Gasteiger partial charge in [-0.25, -0.2) is 0 Å². The van der Waals surface area contributed by atoms with Gasteiger partial charge in [-0.1, -0.05) is 42.5 Å². The van der Waals surface area contributed by atoms with E-state index in [-0.39, 0.29) is 24.0 Å². The second-order valence-corrected chi connectivity index (χ2v) is 6.04. The monoisotopic (exact) mass is 451 g/mol. The molecule has 3 rings (SSSR count). The van der Waals surface area contributed by atoms with Crippen LogP contribution in [0.15, 0.2) is 53.5 Å². The maximum atomic E-state index is 5.39. The number of guanidine groups is 1. The predicted molar refractivity (Wildman–Crippen MR) is 114 cm³/mol. The van der Waals surface area contributed by atoms with Crippen LogP contribution in [0.25, 0.3) is 0 Å². The van der Waals surface area contributed by atoms with Gasteiger partial charge in [0.05, 0.1) is 7.11 Å². The Morgan fingerprint density at radius 3 is 2.64 bits per heavy atom. The third-order valence-corrected chi connectivity index (χ3v) is 4.58. The number of ether oxygens (including phenoxy) is 1. The van der Waals surface area contributed by atoms with E-state index < -0.39 is 0 Å². The van der Waals surface area contributed by atoms with E-state index in [1.54, 1.807) is 7.11 Å². The number of para-hydroxylation sites is 1. The number of methoxy groups -OCH3 is 1. The molecule has 0 heterocycles. The molecule has 0 aliphatic heterocycles. The molecular weight excluding hydrogens is 425 g/mol. The van der Waals surface area contributed by atoms with Crippen LogP contribution in [0.5, 0.6) is 5.75 Å². The van der Waals surface area contributed by atoms with Crippen LogP contribution in [-0.4, -0.2) is 33.2 Å². The van der Waals surface area contributed by atoms with Crippen LogP contribution < -0.4 is 15.4 Å². The molecule has 0 saturated heterocycles.